The summed E-state index contributed by atoms with van der Waals surface area (Å²) in [7, 11) is 0. The van der Waals surface area contributed by atoms with Crippen molar-refractivity contribution in [1.82, 2.24) is 0 Å². The lowest BCUT2D eigenvalue weighted by molar-refractivity contribution is -0.267. The van der Waals surface area contributed by atoms with Crippen molar-refractivity contribution in [1.29, 1.82) is 0 Å². The summed E-state index contributed by atoms with van der Waals surface area (Å²) in [6.07, 6.45) is 5.07. The second-order valence-corrected chi connectivity index (χ2v) is 15.5. The van der Waals surface area contributed by atoms with E-state index in [9.17, 15) is 14.4 Å². The number of hydrogen-bond donors (Lipinski definition) is 0. The molecule has 0 aromatic rings. The van der Waals surface area contributed by atoms with Crippen LogP contribution in [-0.4, -0.2) is 53.3 Å². The van der Waals surface area contributed by atoms with Crippen LogP contribution in [0, 0.1) is 52.3 Å². The van der Waals surface area contributed by atoms with Gasteiger partial charge >= 0.3 is 11.9 Å². The van der Waals surface area contributed by atoms with Crippen molar-refractivity contribution in [2.24, 2.45) is 52.3 Å². The first kappa shape index (κ1) is 28.1. The molecule has 39 heavy (non-hydrogen) atoms. The topological polar surface area (TPSA) is 88.1 Å². The third-order valence-corrected chi connectivity index (χ3v) is 13.4. The zero-order valence-corrected chi connectivity index (χ0v) is 25.8. The van der Waals surface area contributed by atoms with Gasteiger partial charge in [-0.05, 0) is 73.5 Å². The van der Waals surface area contributed by atoms with Crippen LogP contribution in [-0.2, 0) is 33.3 Å². The minimum absolute atomic E-state index is 0.0326. The van der Waals surface area contributed by atoms with E-state index in [1.54, 1.807) is 0 Å². The Balaban J connectivity index is 1.28. The van der Waals surface area contributed by atoms with Gasteiger partial charge in [-0.25, -0.2) is 0 Å². The van der Waals surface area contributed by atoms with E-state index in [1.165, 1.54) is 13.8 Å². The van der Waals surface area contributed by atoms with Gasteiger partial charge < -0.3 is 18.9 Å². The van der Waals surface area contributed by atoms with E-state index in [0.29, 0.717) is 49.4 Å². The lowest BCUT2D eigenvalue weighted by Gasteiger charge is -2.61. The molecule has 4 saturated carbocycles. The highest BCUT2D eigenvalue weighted by Gasteiger charge is 2.73. The van der Waals surface area contributed by atoms with Gasteiger partial charge in [0.15, 0.2) is 5.79 Å². The summed E-state index contributed by atoms with van der Waals surface area (Å²) in [6.45, 7) is 12.5. The second kappa shape index (κ2) is 9.52. The normalized spacial score (nSPS) is 54.3. The van der Waals surface area contributed by atoms with Gasteiger partial charge in [0.2, 0.25) is 0 Å². The van der Waals surface area contributed by atoms with Crippen molar-refractivity contribution in [3.63, 3.8) is 0 Å². The summed E-state index contributed by atoms with van der Waals surface area (Å²) in [6, 6.07) is 0. The van der Waals surface area contributed by atoms with Gasteiger partial charge in [-0.3, -0.25) is 14.4 Å². The SMILES string of the molecule is CC(=O)O[C@H]1C[C@@]2(C)[C@@H](CC[C@H]3[C@H]2CC(=O)[C@]2(C)[C@@H]4[C@@H](C)[C@@]5(OC[C@H](C)C[C@@H]5Br)O[C@@H]4C[C@H]32)C[C@H]1OC(C)=O. The van der Waals surface area contributed by atoms with Crippen molar-refractivity contribution < 1.29 is 33.3 Å². The van der Waals surface area contributed by atoms with Gasteiger partial charge in [-0.1, -0.05) is 43.6 Å². The lowest BCUT2D eigenvalue weighted by Crippen LogP contribution is -2.61. The highest BCUT2D eigenvalue weighted by Crippen LogP contribution is 2.70. The number of rotatable bonds is 2. The van der Waals surface area contributed by atoms with E-state index >= 15 is 0 Å². The molecule has 218 valence electrons. The number of fused-ring (bicyclic) bond motifs is 7. The van der Waals surface area contributed by atoms with Gasteiger partial charge in [-0.15, -0.1) is 0 Å². The summed E-state index contributed by atoms with van der Waals surface area (Å²) < 4.78 is 24.8. The van der Waals surface area contributed by atoms with Gasteiger partial charge in [0.25, 0.3) is 0 Å². The maximum atomic E-state index is 14.4. The Morgan fingerprint density at radius 3 is 2.33 bits per heavy atom. The summed E-state index contributed by atoms with van der Waals surface area (Å²) in [5, 5.41) is 0. The number of carbonyl (C=O) groups excluding carboxylic acids is 3. The average Bonchev–Trinajstić information content (AvgIpc) is 3.29. The van der Waals surface area contributed by atoms with Crippen LogP contribution >= 0.6 is 15.9 Å². The largest absolute Gasteiger partial charge is 0.459 e. The molecule has 6 aliphatic rings. The Labute approximate surface area is 240 Å². The molecule has 6 rings (SSSR count). The summed E-state index contributed by atoms with van der Waals surface area (Å²) in [5.74, 6) is 1.08. The molecule has 14 atom stereocenters. The van der Waals surface area contributed by atoms with E-state index in [0.717, 1.165) is 25.7 Å². The van der Waals surface area contributed by atoms with Crippen LogP contribution < -0.4 is 0 Å². The smallest absolute Gasteiger partial charge is 0.303 e. The van der Waals surface area contributed by atoms with Crippen LogP contribution in [0.3, 0.4) is 0 Å². The number of ether oxygens (including phenoxy) is 4. The van der Waals surface area contributed by atoms with Crippen LogP contribution in [0.15, 0.2) is 0 Å². The zero-order valence-electron chi connectivity index (χ0n) is 24.2. The molecule has 0 aromatic carbocycles. The molecule has 2 saturated heterocycles. The third-order valence-electron chi connectivity index (χ3n) is 12.4. The second-order valence-electron chi connectivity index (χ2n) is 14.3. The molecule has 0 radical (unpaired) electrons. The van der Waals surface area contributed by atoms with E-state index < -0.39 is 23.4 Å². The highest BCUT2D eigenvalue weighted by molar-refractivity contribution is 9.09. The number of esters is 2. The monoisotopic (exact) mass is 608 g/mol. The van der Waals surface area contributed by atoms with E-state index in [2.05, 4.69) is 43.6 Å². The van der Waals surface area contributed by atoms with Crippen molar-refractivity contribution >= 4 is 33.7 Å². The molecule has 0 N–H and O–H groups in total. The van der Waals surface area contributed by atoms with Gasteiger partial charge in [-0.2, -0.15) is 0 Å². The van der Waals surface area contributed by atoms with Gasteiger partial charge in [0.05, 0.1) is 17.5 Å². The first-order valence-corrected chi connectivity index (χ1v) is 16.1. The van der Waals surface area contributed by atoms with E-state index in [4.69, 9.17) is 18.9 Å². The molecule has 6 fully saturated rings. The maximum Gasteiger partial charge on any atom is 0.303 e. The first-order valence-electron chi connectivity index (χ1n) is 15.1. The number of ketones is 1. The van der Waals surface area contributed by atoms with E-state index in [1.807, 2.05) is 0 Å². The van der Waals surface area contributed by atoms with Gasteiger partial charge in [0, 0.05) is 37.5 Å². The van der Waals surface area contributed by atoms with Crippen LogP contribution in [0.2, 0.25) is 0 Å². The zero-order chi connectivity index (χ0) is 28.1. The number of halogens is 1. The van der Waals surface area contributed by atoms with Crippen LogP contribution in [0.5, 0.6) is 0 Å². The van der Waals surface area contributed by atoms with Crippen molar-refractivity contribution in [2.45, 2.75) is 115 Å². The molecule has 8 heteroatoms. The first-order chi connectivity index (χ1) is 18.3. The number of Topliss-reactive ketones (excluding diaryl/α,β-unsaturated/α-hetero) is 1. The molecule has 4 aliphatic carbocycles. The number of carbonyl (C=O) groups is 3. The molecule has 0 unspecified atom stereocenters. The van der Waals surface area contributed by atoms with Crippen LogP contribution in [0.1, 0.15) is 86.5 Å². The third kappa shape index (κ3) is 4.04. The fraction of sp³-hybridized carbons (Fsp3) is 0.903. The molecule has 7 nitrogen and oxygen atoms in total. The molecule has 0 amide bonds. The minimum Gasteiger partial charge on any atom is -0.459 e. The lowest BCUT2D eigenvalue weighted by atomic mass is 9.43. The number of hydrogen-bond acceptors (Lipinski definition) is 7. The van der Waals surface area contributed by atoms with E-state index in [-0.39, 0.29) is 52.0 Å². The maximum absolute atomic E-state index is 14.4. The Morgan fingerprint density at radius 2 is 1.67 bits per heavy atom. The van der Waals surface area contributed by atoms with Gasteiger partial charge in [0.1, 0.15) is 18.0 Å². The van der Waals surface area contributed by atoms with Crippen LogP contribution in [0.25, 0.3) is 0 Å². The molecular weight excluding hydrogens is 564 g/mol. The fourth-order valence-electron chi connectivity index (χ4n) is 10.7. The fourth-order valence-corrected chi connectivity index (χ4v) is 12.0. The molecule has 2 aliphatic heterocycles. The molecule has 1 spiro atoms. The average molecular weight is 610 g/mol. The molecule has 2 heterocycles. The predicted octanol–water partition coefficient (Wildman–Crippen LogP) is 5.46. The Hall–Kier alpha value is -0.990. The predicted molar refractivity (Wildman–Crippen MR) is 147 cm³/mol. The van der Waals surface area contributed by atoms with Crippen molar-refractivity contribution in [2.75, 3.05) is 6.61 Å². The molecule has 0 aromatic heterocycles. The minimum atomic E-state index is -0.650. The molecular formula is C31H45BrO7. The van der Waals surface area contributed by atoms with Crippen molar-refractivity contribution in [3.05, 3.63) is 0 Å². The standard InChI is InChI=1S/C31H45BrO7/c1-15-9-26(32)31(36-14-15)16(2)28-24(39-31)11-22-20-8-7-19-10-23(37-17(3)33)25(38-18(4)34)13-29(19,5)21(20)12-27(35)30(22,28)6/h15-16,19-26,28H,7-14H2,1-6H3/t15-,16-,19+,20+,21-,22-,23-,24-,25+,26+,28-,29+,30-,31-/m1/s1. The Morgan fingerprint density at radius 1 is 0.974 bits per heavy atom. The van der Waals surface area contributed by atoms with Crippen molar-refractivity contribution in [3.8, 4) is 0 Å². The summed E-state index contributed by atoms with van der Waals surface area (Å²) >= 11 is 3.92. The Bertz CT molecular complexity index is 1050. The quantitative estimate of drug-likeness (QED) is 0.304. The Kier molecular flexibility index (Phi) is 6.87. The summed E-state index contributed by atoms with van der Waals surface area (Å²) in [4.78, 5) is 38.4. The highest BCUT2D eigenvalue weighted by atomic mass is 79.9. The van der Waals surface area contributed by atoms with Crippen LogP contribution in [0.4, 0.5) is 0 Å². The summed E-state index contributed by atoms with van der Waals surface area (Å²) in [5.41, 5.74) is -0.563. The number of alkyl halides is 1. The molecule has 0 bridgehead atoms.